The van der Waals surface area contributed by atoms with E-state index in [1.165, 1.54) is 18.2 Å². The summed E-state index contributed by atoms with van der Waals surface area (Å²) in [6.45, 7) is 1.91. The lowest BCUT2D eigenvalue weighted by atomic mass is 10.0. The Morgan fingerprint density at radius 2 is 2.09 bits per heavy atom. The van der Waals surface area contributed by atoms with Crippen LogP contribution in [0.1, 0.15) is 30.4 Å². The first-order valence-electron chi connectivity index (χ1n) is 11.0. The van der Waals surface area contributed by atoms with Crippen molar-refractivity contribution >= 4 is 29.1 Å². The third kappa shape index (κ3) is 4.56. The Morgan fingerprint density at radius 3 is 2.91 bits per heavy atom. The molecular weight excluding hydrogens is 454 g/mol. The van der Waals surface area contributed by atoms with Crippen LogP contribution in [0.15, 0.2) is 54.7 Å². The Hall–Kier alpha value is -4.67. The molecule has 3 aromatic rings. The second kappa shape index (κ2) is 8.93. The van der Waals surface area contributed by atoms with Gasteiger partial charge in [0, 0.05) is 47.5 Å². The first-order valence-corrected chi connectivity index (χ1v) is 11.0. The van der Waals surface area contributed by atoms with Gasteiger partial charge < -0.3 is 25.4 Å². The number of carbonyl (C=O) groups is 2. The van der Waals surface area contributed by atoms with Crippen LogP contribution in [0, 0.1) is 10.1 Å². The van der Waals surface area contributed by atoms with Crippen molar-refractivity contribution < 1.29 is 24.0 Å². The fourth-order valence-corrected chi connectivity index (χ4v) is 4.08. The average molecular weight is 475 g/mol. The predicted octanol–water partition coefficient (Wildman–Crippen LogP) is 4.31. The molecule has 0 aliphatic carbocycles. The molecule has 0 spiro atoms. The van der Waals surface area contributed by atoms with E-state index in [4.69, 9.17) is 9.47 Å². The summed E-state index contributed by atoms with van der Waals surface area (Å²) in [7, 11) is 0. The molecular formula is C24H21N5O6. The summed E-state index contributed by atoms with van der Waals surface area (Å²) in [5.41, 5.74) is 1.88. The lowest BCUT2D eigenvalue weighted by molar-refractivity contribution is -0.384. The van der Waals surface area contributed by atoms with Gasteiger partial charge in [-0.2, -0.15) is 0 Å². The fourth-order valence-electron chi connectivity index (χ4n) is 4.08. The molecule has 178 valence electrons. The minimum atomic E-state index is -0.636. The number of hydrogen-bond acceptors (Lipinski definition) is 7. The molecule has 0 fully saturated rings. The van der Waals surface area contributed by atoms with Crippen LogP contribution in [-0.4, -0.2) is 28.1 Å². The third-order valence-corrected chi connectivity index (χ3v) is 5.87. The number of fused-ring (bicyclic) bond motifs is 2. The van der Waals surface area contributed by atoms with Crippen LogP contribution in [0.3, 0.4) is 0 Å². The van der Waals surface area contributed by atoms with Gasteiger partial charge in [-0.05, 0) is 36.8 Å². The molecule has 5 rings (SSSR count). The van der Waals surface area contributed by atoms with E-state index in [1.807, 2.05) is 13.0 Å². The number of benzene rings is 2. The number of nitro benzene ring substituents is 1. The van der Waals surface area contributed by atoms with Crippen LogP contribution in [0.5, 0.6) is 17.2 Å². The normalized spacial score (nSPS) is 17.9. The van der Waals surface area contributed by atoms with E-state index in [0.717, 1.165) is 11.1 Å². The van der Waals surface area contributed by atoms with Crippen molar-refractivity contribution in [2.24, 2.45) is 0 Å². The molecule has 0 saturated heterocycles. The molecule has 0 bridgehead atoms. The summed E-state index contributed by atoms with van der Waals surface area (Å²) in [4.78, 5) is 38.7. The van der Waals surface area contributed by atoms with Gasteiger partial charge in [0.15, 0.2) is 6.23 Å². The summed E-state index contributed by atoms with van der Waals surface area (Å²) in [6.07, 6.45) is 1.86. The molecule has 2 aliphatic rings. The lowest BCUT2D eigenvalue weighted by Gasteiger charge is -2.19. The first-order chi connectivity index (χ1) is 16.9. The Balaban J connectivity index is 1.27. The summed E-state index contributed by atoms with van der Waals surface area (Å²) in [5, 5.41) is 19.0. The molecule has 0 unspecified atom stereocenters. The quantitative estimate of drug-likeness (QED) is 0.368. The zero-order valence-electron chi connectivity index (χ0n) is 18.6. The Labute approximate surface area is 199 Å². The molecule has 1 aromatic heterocycles. The van der Waals surface area contributed by atoms with Crippen molar-refractivity contribution in [1.29, 1.82) is 0 Å². The molecule has 2 atom stereocenters. The number of nitro groups is 1. The minimum Gasteiger partial charge on any atom is -0.470 e. The largest absolute Gasteiger partial charge is 0.470 e. The van der Waals surface area contributed by atoms with Crippen molar-refractivity contribution in [1.82, 2.24) is 10.3 Å². The number of nitrogens with one attached hydrogen (secondary N) is 3. The highest BCUT2D eigenvalue weighted by Gasteiger charge is 2.33. The van der Waals surface area contributed by atoms with Crippen LogP contribution >= 0.6 is 0 Å². The average Bonchev–Trinajstić information content (AvgIpc) is 3.13. The summed E-state index contributed by atoms with van der Waals surface area (Å²) < 4.78 is 12.0. The number of nitrogens with zero attached hydrogens (tertiary/aromatic N) is 2. The van der Waals surface area contributed by atoms with Crippen molar-refractivity contribution in [3.05, 3.63) is 76.0 Å². The number of pyridine rings is 1. The van der Waals surface area contributed by atoms with E-state index in [1.54, 1.807) is 30.5 Å². The van der Waals surface area contributed by atoms with E-state index < -0.39 is 17.2 Å². The molecule has 11 nitrogen and oxygen atoms in total. The minimum absolute atomic E-state index is 0.0706. The third-order valence-electron chi connectivity index (χ3n) is 5.87. The number of anilines is 2. The molecule has 2 aromatic carbocycles. The second-order valence-electron chi connectivity index (χ2n) is 8.22. The standard InChI is InChI=1S/C24H21N5O6/c1-13-18-12-16(34-20-9-10-25-22-17(20)6-8-21(30)27-22)5-7-19(18)35-23(13)28-24(31)26-14-3-2-4-15(11-14)29(32)33/h2-5,7,9-13,23H,6,8H2,1H3,(H,25,27,30)(H2,26,28,31)/t13-,23+/m0/s1. The van der Waals surface area contributed by atoms with Gasteiger partial charge >= 0.3 is 6.03 Å². The van der Waals surface area contributed by atoms with Crippen LogP contribution in [0.2, 0.25) is 0 Å². The molecule has 3 amide bonds. The van der Waals surface area contributed by atoms with Gasteiger partial charge in [-0.25, -0.2) is 9.78 Å². The highest BCUT2D eigenvalue weighted by molar-refractivity contribution is 5.93. The zero-order chi connectivity index (χ0) is 24.5. The second-order valence-corrected chi connectivity index (χ2v) is 8.22. The van der Waals surface area contributed by atoms with Gasteiger partial charge in [0.05, 0.1) is 4.92 Å². The maximum absolute atomic E-state index is 12.5. The number of carbonyl (C=O) groups excluding carboxylic acids is 2. The van der Waals surface area contributed by atoms with Crippen LogP contribution in [0.4, 0.5) is 22.0 Å². The van der Waals surface area contributed by atoms with E-state index in [-0.39, 0.29) is 17.5 Å². The number of hydrogen-bond donors (Lipinski definition) is 3. The summed E-state index contributed by atoms with van der Waals surface area (Å²) in [5.74, 6) is 2.08. The number of aromatic nitrogens is 1. The van der Waals surface area contributed by atoms with E-state index >= 15 is 0 Å². The number of amides is 3. The van der Waals surface area contributed by atoms with Gasteiger partial charge in [0.1, 0.15) is 23.1 Å². The molecule has 0 radical (unpaired) electrons. The molecule has 0 saturated carbocycles. The van der Waals surface area contributed by atoms with E-state index in [0.29, 0.717) is 41.6 Å². The lowest BCUT2D eigenvalue weighted by Crippen LogP contribution is -2.42. The number of rotatable bonds is 5. The molecule has 11 heteroatoms. The Bertz CT molecular complexity index is 1340. The van der Waals surface area contributed by atoms with Gasteiger partial charge in [0.2, 0.25) is 5.91 Å². The summed E-state index contributed by atoms with van der Waals surface area (Å²) in [6, 6.07) is 12.3. The predicted molar refractivity (Wildman–Crippen MR) is 126 cm³/mol. The zero-order valence-corrected chi connectivity index (χ0v) is 18.6. The number of urea groups is 1. The maximum atomic E-state index is 12.5. The fraction of sp³-hybridized carbons (Fsp3) is 0.208. The van der Waals surface area contributed by atoms with Crippen LogP contribution < -0.4 is 25.4 Å². The van der Waals surface area contributed by atoms with Crippen LogP contribution in [-0.2, 0) is 11.2 Å². The van der Waals surface area contributed by atoms with E-state index in [2.05, 4.69) is 20.9 Å². The van der Waals surface area contributed by atoms with E-state index in [9.17, 15) is 19.7 Å². The highest BCUT2D eigenvalue weighted by Crippen LogP contribution is 2.41. The van der Waals surface area contributed by atoms with Crippen molar-refractivity contribution in [2.45, 2.75) is 31.9 Å². The van der Waals surface area contributed by atoms with Gasteiger partial charge in [-0.3, -0.25) is 14.9 Å². The Kier molecular flexibility index (Phi) is 5.65. The molecule has 3 heterocycles. The smallest absolute Gasteiger partial charge is 0.322 e. The van der Waals surface area contributed by atoms with Crippen molar-refractivity contribution in [3.8, 4) is 17.2 Å². The SMILES string of the molecule is C[C@H]1c2cc(Oc3ccnc4c3CCC(=O)N4)ccc2O[C@H]1NC(=O)Nc1cccc([N+](=O)[O-])c1. The van der Waals surface area contributed by atoms with Crippen LogP contribution in [0.25, 0.3) is 0 Å². The van der Waals surface area contributed by atoms with Gasteiger partial charge in [-0.15, -0.1) is 0 Å². The molecule has 3 N–H and O–H groups in total. The number of ether oxygens (including phenoxy) is 2. The van der Waals surface area contributed by atoms with Crippen molar-refractivity contribution in [3.63, 3.8) is 0 Å². The van der Waals surface area contributed by atoms with Gasteiger partial charge in [-0.1, -0.05) is 13.0 Å². The topological polar surface area (TPSA) is 145 Å². The maximum Gasteiger partial charge on any atom is 0.322 e. The van der Waals surface area contributed by atoms with Gasteiger partial charge in [0.25, 0.3) is 5.69 Å². The molecule has 2 aliphatic heterocycles. The molecule has 35 heavy (non-hydrogen) atoms. The van der Waals surface area contributed by atoms with Crippen molar-refractivity contribution in [2.75, 3.05) is 10.6 Å². The highest BCUT2D eigenvalue weighted by atomic mass is 16.6. The monoisotopic (exact) mass is 475 g/mol. The first kappa shape index (κ1) is 22.1. The number of non-ortho nitro benzene ring substituents is 1. The summed E-state index contributed by atoms with van der Waals surface area (Å²) >= 11 is 0. The Morgan fingerprint density at radius 1 is 1.23 bits per heavy atom.